The van der Waals surface area contributed by atoms with Gasteiger partial charge in [-0.2, -0.15) is 10.2 Å². The minimum Gasteiger partial charge on any atom is -0.497 e. The molecule has 2 N–H and O–H groups in total. The van der Waals surface area contributed by atoms with Gasteiger partial charge in [-0.1, -0.05) is 0 Å². The number of nitrogens with zero attached hydrogens (tertiary/aromatic N) is 2. The zero-order valence-corrected chi connectivity index (χ0v) is 19.0. The average molecular weight is 439 g/mol. The second-order valence-corrected chi connectivity index (χ2v) is 7.13. The van der Waals surface area contributed by atoms with Crippen LogP contribution in [0, 0.1) is 0 Å². The molecule has 0 aliphatic rings. The Bertz CT molecular complexity index is 871. The quantitative estimate of drug-likeness (QED) is 0.318. The zero-order chi connectivity index (χ0) is 23.3. The maximum absolute atomic E-state index is 12.0. The summed E-state index contributed by atoms with van der Waals surface area (Å²) in [5, 5.41) is 8.25. The Balaban J connectivity index is 1.67. The third-order valence-corrected chi connectivity index (χ3v) is 4.77. The predicted molar refractivity (Wildman–Crippen MR) is 125 cm³/mol. The smallest absolute Gasteiger partial charge is 0.240 e. The average Bonchev–Trinajstić information content (AvgIpc) is 2.83. The van der Waals surface area contributed by atoms with Gasteiger partial charge in [0.15, 0.2) is 0 Å². The summed E-state index contributed by atoms with van der Waals surface area (Å²) in [6.45, 7) is 3.64. The van der Waals surface area contributed by atoms with Gasteiger partial charge in [0.05, 0.1) is 25.6 Å². The molecule has 2 aromatic carbocycles. The SMILES string of the molecule is COc1ccc(C(C)=NNC(=O)CCCCC(=O)NN=C(C)c2ccc(OC)cc2)cc1. The van der Waals surface area contributed by atoms with Crippen molar-refractivity contribution in [2.24, 2.45) is 10.2 Å². The molecule has 170 valence electrons. The third-order valence-electron chi connectivity index (χ3n) is 4.77. The summed E-state index contributed by atoms with van der Waals surface area (Å²) in [5.41, 5.74) is 8.29. The van der Waals surface area contributed by atoms with Gasteiger partial charge in [-0.15, -0.1) is 0 Å². The topological polar surface area (TPSA) is 101 Å². The van der Waals surface area contributed by atoms with Crippen molar-refractivity contribution in [1.82, 2.24) is 10.9 Å². The van der Waals surface area contributed by atoms with Gasteiger partial charge < -0.3 is 9.47 Å². The monoisotopic (exact) mass is 438 g/mol. The molecule has 0 saturated carbocycles. The molecule has 8 nitrogen and oxygen atoms in total. The molecule has 0 unspecified atom stereocenters. The molecule has 2 aromatic rings. The number of nitrogens with one attached hydrogen (secondary N) is 2. The molecule has 2 amide bonds. The summed E-state index contributed by atoms with van der Waals surface area (Å²) in [7, 11) is 3.22. The Morgan fingerprint density at radius 3 is 1.34 bits per heavy atom. The first kappa shape index (κ1) is 24.6. The van der Waals surface area contributed by atoms with Crippen molar-refractivity contribution in [2.45, 2.75) is 39.5 Å². The van der Waals surface area contributed by atoms with E-state index in [2.05, 4.69) is 21.1 Å². The number of ether oxygens (including phenoxy) is 2. The van der Waals surface area contributed by atoms with E-state index < -0.39 is 0 Å². The van der Waals surface area contributed by atoms with E-state index in [1.165, 1.54) is 0 Å². The van der Waals surface area contributed by atoms with Crippen LogP contribution >= 0.6 is 0 Å². The Kier molecular flexibility index (Phi) is 9.90. The second-order valence-electron chi connectivity index (χ2n) is 7.13. The zero-order valence-electron chi connectivity index (χ0n) is 19.0. The summed E-state index contributed by atoms with van der Waals surface area (Å²) < 4.78 is 10.2. The number of hydrogen-bond donors (Lipinski definition) is 2. The minimum absolute atomic E-state index is 0.188. The van der Waals surface area contributed by atoms with Gasteiger partial charge in [-0.05, 0) is 86.3 Å². The first-order chi connectivity index (χ1) is 15.4. The summed E-state index contributed by atoms with van der Waals surface area (Å²) in [6.07, 6.45) is 1.75. The lowest BCUT2D eigenvalue weighted by atomic mass is 10.1. The van der Waals surface area contributed by atoms with Crippen molar-refractivity contribution in [3.8, 4) is 11.5 Å². The van der Waals surface area contributed by atoms with Crippen LogP contribution in [0.5, 0.6) is 11.5 Å². The molecule has 0 bridgehead atoms. The lowest BCUT2D eigenvalue weighted by Crippen LogP contribution is -2.20. The van der Waals surface area contributed by atoms with Gasteiger partial charge in [-0.3, -0.25) is 9.59 Å². The lowest BCUT2D eigenvalue weighted by molar-refractivity contribution is -0.123. The largest absolute Gasteiger partial charge is 0.497 e. The summed E-state index contributed by atoms with van der Waals surface area (Å²) in [4.78, 5) is 23.9. The molecule has 0 aliphatic heterocycles. The molecule has 0 fully saturated rings. The van der Waals surface area contributed by atoms with Crippen LogP contribution in [0.25, 0.3) is 0 Å². The van der Waals surface area contributed by atoms with Crippen LogP contribution < -0.4 is 20.3 Å². The van der Waals surface area contributed by atoms with E-state index in [9.17, 15) is 9.59 Å². The Morgan fingerprint density at radius 2 is 1.03 bits per heavy atom. The third kappa shape index (κ3) is 8.22. The van der Waals surface area contributed by atoms with E-state index in [4.69, 9.17) is 9.47 Å². The number of carbonyl (C=O) groups is 2. The van der Waals surface area contributed by atoms with Crippen LogP contribution in [0.2, 0.25) is 0 Å². The fourth-order valence-corrected chi connectivity index (χ4v) is 2.77. The fourth-order valence-electron chi connectivity index (χ4n) is 2.77. The summed E-state index contributed by atoms with van der Waals surface area (Å²) in [6, 6.07) is 14.9. The normalized spacial score (nSPS) is 11.6. The highest BCUT2D eigenvalue weighted by Gasteiger charge is 2.05. The molecule has 0 radical (unpaired) electrons. The predicted octanol–water partition coefficient (Wildman–Crippen LogP) is 3.64. The van der Waals surface area contributed by atoms with E-state index in [1.54, 1.807) is 14.2 Å². The Labute approximate surface area is 188 Å². The molecule has 0 aromatic heterocycles. The van der Waals surface area contributed by atoms with Crippen LogP contribution in [0.4, 0.5) is 0 Å². The molecule has 0 saturated heterocycles. The van der Waals surface area contributed by atoms with Crippen LogP contribution in [-0.4, -0.2) is 37.5 Å². The maximum Gasteiger partial charge on any atom is 0.240 e. The van der Waals surface area contributed by atoms with Crippen LogP contribution in [0.15, 0.2) is 58.7 Å². The highest BCUT2D eigenvalue weighted by Crippen LogP contribution is 2.13. The first-order valence-corrected chi connectivity index (χ1v) is 10.4. The number of hydrogen-bond acceptors (Lipinski definition) is 6. The van der Waals surface area contributed by atoms with Gasteiger partial charge in [0.25, 0.3) is 0 Å². The highest BCUT2D eigenvalue weighted by molar-refractivity contribution is 5.99. The van der Waals surface area contributed by atoms with Crippen molar-refractivity contribution in [2.75, 3.05) is 14.2 Å². The molecule has 8 heteroatoms. The van der Waals surface area contributed by atoms with Gasteiger partial charge >= 0.3 is 0 Å². The lowest BCUT2D eigenvalue weighted by Gasteiger charge is -2.05. The van der Waals surface area contributed by atoms with Crippen molar-refractivity contribution < 1.29 is 19.1 Å². The number of hydrazone groups is 2. The van der Waals surface area contributed by atoms with Crippen molar-refractivity contribution in [3.05, 3.63) is 59.7 Å². The molecule has 0 spiro atoms. The fraction of sp³-hybridized carbons (Fsp3) is 0.333. The maximum atomic E-state index is 12.0. The number of carbonyl (C=O) groups excluding carboxylic acids is 2. The number of methoxy groups -OCH3 is 2. The van der Waals surface area contributed by atoms with E-state index in [0.29, 0.717) is 37.1 Å². The van der Waals surface area contributed by atoms with E-state index in [-0.39, 0.29) is 11.8 Å². The molecule has 0 heterocycles. The molecule has 32 heavy (non-hydrogen) atoms. The number of benzene rings is 2. The Morgan fingerprint density at radius 1 is 0.688 bits per heavy atom. The van der Waals surface area contributed by atoms with Gasteiger partial charge in [0.2, 0.25) is 11.8 Å². The molecular formula is C24H30N4O4. The highest BCUT2D eigenvalue weighted by atomic mass is 16.5. The van der Waals surface area contributed by atoms with E-state index in [0.717, 1.165) is 22.6 Å². The van der Waals surface area contributed by atoms with Crippen LogP contribution in [0.1, 0.15) is 50.7 Å². The van der Waals surface area contributed by atoms with Crippen molar-refractivity contribution in [3.63, 3.8) is 0 Å². The standard InChI is InChI=1S/C24H30N4O4/c1-17(19-9-13-21(31-3)14-10-19)25-27-23(29)7-5-6-8-24(30)28-26-18(2)20-11-15-22(32-4)16-12-20/h9-16H,5-8H2,1-4H3,(H,27,29)(H,28,30). The number of rotatable bonds is 11. The molecular weight excluding hydrogens is 408 g/mol. The minimum atomic E-state index is -0.188. The second kappa shape index (κ2) is 12.9. The molecule has 0 aliphatic carbocycles. The van der Waals surface area contributed by atoms with Gasteiger partial charge in [0, 0.05) is 12.8 Å². The van der Waals surface area contributed by atoms with Crippen molar-refractivity contribution in [1.29, 1.82) is 0 Å². The summed E-state index contributed by atoms with van der Waals surface area (Å²) in [5.74, 6) is 1.14. The molecule has 0 atom stereocenters. The Hall–Kier alpha value is -3.68. The first-order valence-electron chi connectivity index (χ1n) is 10.4. The number of amides is 2. The van der Waals surface area contributed by atoms with E-state index >= 15 is 0 Å². The van der Waals surface area contributed by atoms with Crippen LogP contribution in [-0.2, 0) is 9.59 Å². The summed E-state index contributed by atoms with van der Waals surface area (Å²) >= 11 is 0. The van der Waals surface area contributed by atoms with Crippen molar-refractivity contribution >= 4 is 23.2 Å². The van der Waals surface area contributed by atoms with Crippen LogP contribution in [0.3, 0.4) is 0 Å². The molecule has 2 rings (SSSR count). The number of unbranched alkanes of at least 4 members (excludes halogenated alkanes) is 1. The van der Waals surface area contributed by atoms with Gasteiger partial charge in [-0.25, -0.2) is 10.9 Å². The van der Waals surface area contributed by atoms with E-state index in [1.807, 2.05) is 62.4 Å². The van der Waals surface area contributed by atoms with Gasteiger partial charge in [0.1, 0.15) is 11.5 Å².